The highest BCUT2D eigenvalue weighted by Gasteiger charge is 2.45. The van der Waals surface area contributed by atoms with Gasteiger partial charge in [-0.1, -0.05) is 0 Å². The van der Waals surface area contributed by atoms with Crippen molar-refractivity contribution < 1.29 is 39.7 Å². The Kier molecular flexibility index (Phi) is 5.26. The fourth-order valence-corrected chi connectivity index (χ4v) is 2.15. The molecule has 1 aromatic carbocycles. The summed E-state index contributed by atoms with van der Waals surface area (Å²) in [5, 5.41) is 59.9. The largest absolute Gasteiger partial charge is 0.455 e. The number of rotatable bonds is 5. The number of hydrogen-bond donors (Lipinski definition) is 4. The lowest BCUT2D eigenvalue weighted by Crippen LogP contribution is -2.60. The van der Waals surface area contributed by atoms with Crippen LogP contribution < -0.4 is 4.74 Å². The molecule has 0 radical (unpaired) electrons. The molecule has 1 saturated heterocycles. The van der Waals surface area contributed by atoms with Crippen LogP contribution in [0.5, 0.6) is 5.75 Å². The van der Waals surface area contributed by atoms with E-state index >= 15 is 0 Å². The Labute approximate surface area is 133 Å². The van der Waals surface area contributed by atoms with Gasteiger partial charge in [-0.15, -0.1) is 0 Å². The molecule has 0 aliphatic carbocycles. The molecule has 1 aliphatic rings. The molecule has 0 spiro atoms. The van der Waals surface area contributed by atoms with E-state index < -0.39 is 64.3 Å². The minimum atomic E-state index is -1.77. The summed E-state index contributed by atoms with van der Waals surface area (Å²) in [4.78, 5) is 20.0. The van der Waals surface area contributed by atoms with E-state index in [0.29, 0.717) is 6.07 Å². The van der Waals surface area contributed by atoms with E-state index in [0.717, 1.165) is 12.1 Å². The minimum Gasteiger partial charge on any atom is -0.455 e. The van der Waals surface area contributed by atoms with Crippen LogP contribution in [0.1, 0.15) is 0 Å². The maximum atomic E-state index is 11.0. The minimum absolute atomic E-state index is 0.449. The number of aliphatic hydroxyl groups is 4. The molecule has 0 unspecified atom stereocenters. The van der Waals surface area contributed by atoms with Crippen LogP contribution in [0.15, 0.2) is 18.2 Å². The predicted molar refractivity (Wildman–Crippen MR) is 74.1 cm³/mol. The second-order valence-electron chi connectivity index (χ2n) is 4.98. The molecule has 4 N–H and O–H groups in total. The number of non-ortho nitro benzene ring substituents is 1. The zero-order valence-corrected chi connectivity index (χ0v) is 12.0. The number of nitro benzene ring substituents is 2. The molecule has 1 aromatic rings. The van der Waals surface area contributed by atoms with Gasteiger partial charge in [0.15, 0.2) is 0 Å². The predicted octanol–water partition coefficient (Wildman–Crippen LogP) is -1.32. The highest BCUT2D eigenvalue weighted by molar-refractivity contribution is 5.53. The van der Waals surface area contributed by atoms with Crippen LogP contribution >= 0.6 is 0 Å². The smallest absolute Gasteiger partial charge is 0.317 e. The maximum absolute atomic E-state index is 11.0. The summed E-state index contributed by atoms with van der Waals surface area (Å²) in [7, 11) is 0. The maximum Gasteiger partial charge on any atom is 0.317 e. The zero-order valence-electron chi connectivity index (χ0n) is 12.0. The number of nitrogens with zero attached hydrogens (tertiary/aromatic N) is 2. The quantitative estimate of drug-likeness (QED) is 0.368. The summed E-state index contributed by atoms with van der Waals surface area (Å²) < 4.78 is 10.2. The monoisotopic (exact) mass is 346 g/mol. The number of nitro groups is 2. The Bertz CT molecular complexity index is 636. The molecule has 5 atom stereocenters. The third-order valence-electron chi connectivity index (χ3n) is 3.44. The van der Waals surface area contributed by atoms with Crippen molar-refractivity contribution in [1.82, 2.24) is 0 Å². The SMILES string of the molecule is O=[N+]([O-])c1ccc(O[C@@H]2O[C@H](CO)[C@@H](O)[C@H](O)[C@@H]2O)c([N+](=O)[O-])c1. The van der Waals surface area contributed by atoms with Crippen LogP contribution in [0.3, 0.4) is 0 Å². The van der Waals surface area contributed by atoms with Gasteiger partial charge in [0.1, 0.15) is 24.4 Å². The highest BCUT2D eigenvalue weighted by Crippen LogP contribution is 2.33. The fraction of sp³-hybridized carbons (Fsp3) is 0.500. The van der Waals surface area contributed by atoms with E-state index in [9.17, 15) is 35.5 Å². The van der Waals surface area contributed by atoms with Crippen LogP contribution in [0.25, 0.3) is 0 Å². The lowest BCUT2D eigenvalue weighted by Gasteiger charge is -2.39. The number of aliphatic hydroxyl groups excluding tert-OH is 4. The lowest BCUT2D eigenvalue weighted by atomic mass is 9.99. The van der Waals surface area contributed by atoms with Crippen molar-refractivity contribution >= 4 is 11.4 Å². The van der Waals surface area contributed by atoms with Crippen molar-refractivity contribution in [2.45, 2.75) is 30.7 Å². The van der Waals surface area contributed by atoms with E-state index in [1.807, 2.05) is 0 Å². The number of hydrogen-bond acceptors (Lipinski definition) is 10. The van der Waals surface area contributed by atoms with Crippen molar-refractivity contribution in [3.05, 3.63) is 38.4 Å². The van der Waals surface area contributed by atoms with Crippen molar-refractivity contribution in [3.8, 4) is 5.75 Å². The van der Waals surface area contributed by atoms with E-state index in [-0.39, 0.29) is 0 Å². The molecule has 0 aromatic heterocycles. The van der Waals surface area contributed by atoms with Gasteiger partial charge in [0, 0.05) is 6.07 Å². The normalized spacial score (nSPS) is 29.9. The van der Waals surface area contributed by atoms with Crippen molar-refractivity contribution in [1.29, 1.82) is 0 Å². The van der Waals surface area contributed by atoms with Crippen LogP contribution in [0, 0.1) is 20.2 Å². The molecule has 0 saturated carbocycles. The summed E-state index contributed by atoms with van der Waals surface area (Å²) >= 11 is 0. The van der Waals surface area contributed by atoms with Gasteiger partial charge in [-0.3, -0.25) is 20.2 Å². The molecule has 12 nitrogen and oxygen atoms in total. The Morgan fingerprint density at radius 1 is 1.08 bits per heavy atom. The fourth-order valence-electron chi connectivity index (χ4n) is 2.15. The average Bonchev–Trinajstić information content (AvgIpc) is 2.55. The van der Waals surface area contributed by atoms with Crippen molar-refractivity contribution in [2.75, 3.05) is 6.61 Å². The topological polar surface area (TPSA) is 186 Å². The van der Waals surface area contributed by atoms with Gasteiger partial charge in [0.25, 0.3) is 5.69 Å². The second-order valence-corrected chi connectivity index (χ2v) is 4.98. The Balaban J connectivity index is 2.29. The Morgan fingerprint density at radius 2 is 1.75 bits per heavy atom. The lowest BCUT2D eigenvalue weighted by molar-refractivity contribution is -0.395. The van der Waals surface area contributed by atoms with Gasteiger partial charge in [-0.05, 0) is 6.07 Å². The number of ether oxygens (including phenoxy) is 2. The molecule has 132 valence electrons. The molecular formula is C12H14N2O10. The van der Waals surface area contributed by atoms with Crippen molar-refractivity contribution in [3.63, 3.8) is 0 Å². The van der Waals surface area contributed by atoms with E-state index in [4.69, 9.17) is 14.6 Å². The van der Waals surface area contributed by atoms with Crippen molar-refractivity contribution in [2.24, 2.45) is 0 Å². The molecule has 0 amide bonds. The van der Waals surface area contributed by atoms with Crippen LogP contribution in [-0.2, 0) is 4.74 Å². The van der Waals surface area contributed by atoms with Gasteiger partial charge in [-0.2, -0.15) is 0 Å². The molecule has 1 aliphatic heterocycles. The summed E-state index contributed by atoms with van der Waals surface area (Å²) in [6, 6.07) is 2.56. The first-order valence-electron chi connectivity index (χ1n) is 6.66. The van der Waals surface area contributed by atoms with Gasteiger partial charge in [0.05, 0.1) is 22.5 Å². The molecule has 2 rings (SSSR count). The van der Waals surface area contributed by atoms with Gasteiger partial charge < -0.3 is 29.9 Å². The first kappa shape index (κ1) is 18.0. The van der Waals surface area contributed by atoms with E-state index in [1.165, 1.54) is 0 Å². The molecule has 24 heavy (non-hydrogen) atoms. The van der Waals surface area contributed by atoms with Gasteiger partial charge in [0.2, 0.25) is 12.0 Å². The van der Waals surface area contributed by atoms with Crippen LogP contribution in [0.2, 0.25) is 0 Å². The first-order valence-corrected chi connectivity index (χ1v) is 6.66. The standard InChI is InChI=1S/C12H14N2O10/c15-4-8-9(16)10(17)11(18)12(24-8)23-7-2-1-5(13(19)20)3-6(7)14(21)22/h1-3,8-12,15-18H,4H2/t8-,9-,10+,11+,12-/m1/s1. The zero-order chi connectivity index (χ0) is 18.0. The summed E-state index contributed by atoms with van der Waals surface area (Å²) in [6.45, 7) is -0.701. The van der Waals surface area contributed by atoms with Gasteiger partial charge >= 0.3 is 5.69 Å². The third kappa shape index (κ3) is 3.42. The molecule has 1 heterocycles. The molecule has 0 bridgehead atoms. The third-order valence-corrected chi connectivity index (χ3v) is 3.44. The number of benzene rings is 1. The summed E-state index contributed by atoms with van der Waals surface area (Å²) in [5.74, 6) is -0.449. The molecular weight excluding hydrogens is 332 g/mol. The van der Waals surface area contributed by atoms with Gasteiger partial charge in [-0.25, -0.2) is 0 Å². The Hall–Kier alpha value is -2.38. The van der Waals surface area contributed by atoms with Crippen LogP contribution in [0.4, 0.5) is 11.4 Å². The molecule has 1 fully saturated rings. The highest BCUT2D eigenvalue weighted by atomic mass is 16.7. The van der Waals surface area contributed by atoms with Crippen LogP contribution in [-0.4, -0.2) is 67.6 Å². The summed E-state index contributed by atoms with van der Waals surface area (Å²) in [6.07, 6.45) is -8.00. The van der Waals surface area contributed by atoms with E-state index in [2.05, 4.69) is 0 Å². The van der Waals surface area contributed by atoms with E-state index in [1.54, 1.807) is 0 Å². The summed E-state index contributed by atoms with van der Waals surface area (Å²) in [5.41, 5.74) is -1.29. The second kappa shape index (κ2) is 7.02. The molecule has 12 heteroatoms. The average molecular weight is 346 g/mol. The first-order chi connectivity index (χ1) is 11.3. The Morgan fingerprint density at radius 3 is 2.29 bits per heavy atom.